The van der Waals surface area contributed by atoms with Crippen LogP contribution in [-0.2, 0) is 9.59 Å². The van der Waals surface area contributed by atoms with Crippen molar-refractivity contribution in [3.05, 3.63) is 22.2 Å². The lowest BCUT2D eigenvalue weighted by atomic mass is 10.4. The molecule has 0 aliphatic heterocycles. The lowest BCUT2D eigenvalue weighted by molar-refractivity contribution is -0.299. The smallest absolute Gasteiger partial charge is 0.0829 e. The molecule has 0 unspecified atom stereocenters. The van der Waals surface area contributed by atoms with Gasteiger partial charge in [-0.15, -0.1) is 0 Å². The van der Waals surface area contributed by atoms with Gasteiger partial charge in [0.1, 0.15) is 0 Å². The third kappa shape index (κ3) is 4.76. The molecule has 0 heterocycles. The number of hydrogen-bond donors (Lipinski definition) is 0. The van der Waals surface area contributed by atoms with E-state index < -0.39 is 17.0 Å². The van der Waals surface area contributed by atoms with E-state index in [9.17, 15) is 19.8 Å². The molecule has 0 radical (unpaired) electrons. The molecule has 0 saturated heterocycles. The van der Waals surface area contributed by atoms with Gasteiger partial charge in [0.15, 0.2) is 0 Å². The van der Waals surface area contributed by atoms with E-state index >= 15 is 0 Å². The van der Waals surface area contributed by atoms with Crippen molar-refractivity contribution in [2.45, 2.75) is 0 Å². The first-order chi connectivity index (χ1) is 5.43. The van der Waals surface area contributed by atoms with Gasteiger partial charge in [-0.3, -0.25) is 0 Å². The minimum Gasteiger partial charge on any atom is -0.545 e. The van der Waals surface area contributed by atoms with Crippen LogP contribution in [0.5, 0.6) is 0 Å². The van der Waals surface area contributed by atoms with E-state index in [2.05, 4.69) is 0 Å². The van der Waals surface area contributed by atoms with Gasteiger partial charge in [-0.25, -0.2) is 0 Å². The molecule has 0 aliphatic carbocycles. The van der Waals surface area contributed by atoms with Crippen LogP contribution in [0.15, 0.2) is 22.2 Å². The molecule has 0 aromatic heterocycles. The summed E-state index contributed by atoms with van der Waals surface area (Å²) >= 11 is 10.3. The van der Waals surface area contributed by atoms with Crippen molar-refractivity contribution in [2.75, 3.05) is 0 Å². The number of carbonyl (C=O) groups excluding carboxylic acids is 2. The Balaban J connectivity index is 4.54. The van der Waals surface area contributed by atoms with Crippen LogP contribution >= 0.6 is 23.2 Å². The zero-order valence-corrected chi connectivity index (χ0v) is 7.06. The third-order valence-corrected chi connectivity index (χ3v) is 1.20. The van der Waals surface area contributed by atoms with Gasteiger partial charge in [0.2, 0.25) is 0 Å². The molecule has 0 atom stereocenters. The largest absolute Gasteiger partial charge is 0.545 e. The van der Waals surface area contributed by atoms with Crippen LogP contribution in [0.25, 0.3) is 0 Å². The predicted octanol–water partition coefficient (Wildman–Crippen LogP) is -1.27. The Morgan fingerprint density at radius 3 is 1.92 bits per heavy atom. The monoisotopic (exact) mass is 208 g/mol. The van der Waals surface area contributed by atoms with E-state index in [1.165, 1.54) is 0 Å². The summed E-state index contributed by atoms with van der Waals surface area (Å²) in [7, 11) is 0. The van der Waals surface area contributed by atoms with Gasteiger partial charge in [-0.2, -0.15) is 0 Å². The van der Waals surface area contributed by atoms with Crippen molar-refractivity contribution in [3.63, 3.8) is 0 Å². The van der Waals surface area contributed by atoms with Crippen molar-refractivity contribution < 1.29 is 19.8 Å². The summed E-state index contributed by atoms with van der Waals surface area (Å²) in [5.74, 6) is -3.18. The van der Waals surface area contributed by atoms with Crippen molar-refractivity contribution in [2.24, 2.45) is 0 Å². The molecule has 0 bridgehead atoms. The van der Waals surface area contributed by atoms with Gasteiger partial charge in [-0.05, 0) is 12.2 Å². The van der Waals surface area contributed by atoms with Crippen LogP contribution in [0.1, 0.15) is 0 Å². The standard InChI is InChI=1S/C6H4Cl2O4/c7-3(2-5(9)10)1-4(8)6(11)12/h1-2H,(H,9,10)(H,11,12)/p-2/b3-2+,4-1+. The average molecular weight is 209 g/mol. The second-order valence-electron chi connectivity index (χ2n) is 1.63. The number of rotatable bonds is 3. The van der Waals surface area contributed by atoms with E-state index in [1.54, 1.807) is 0 Å². The molecule has 0 aliphatic rings. The van der Waals surface area contributed by atoms with Crippen LogP contribution < -0.4 is 10.2 Å². The molecule has 66 valence electrons. The molecule has 0 amide bonds. The van der Waals surface area contributed by atoms with Crippen molar-refractivity contribution in [3.8, 4) is 0 Å². The Hall–Kier alpha value is -1.00. The zero-order valence-electron chi connectivity index (χ0n) is 5.54. The van der Waals surface area contributed by atoms with Crippen LogP contribution in [0.3, 0.4) is 0 Å². The van der Waals surface area contributed by atoms with Gasteiger partial charge < -0.3 is 19.8 Å². The lowest BCUT2D eigenvalue weighted by Gasteiger charge is -1.98. The molecular formula is C6H2Cl2O4-2. The first-order valence-corrected chi connectivity index (χ1v) is 3.36. The number of allylic oxidation sites excluding steroid dienone is 2. The molecule has 0 N–H and O–H groups in total. The summed E-state index contributed by atoms with van der Waals surface area (Å²) in [5, 5.41) is 18.8. The van der Waals surface area contributed by atoms with Crippen molar-refractivity contribution >= 4 is 35.1 Å². The molecule has 0 aromatic carbocycles. The Morgan fingerprint density at radius 2 is 1.58 bits per heavy atom. The molecule has 0 spiro atoms. The summed E-state index contributed by atoms with van der Waals surface area (Å²) in [5.41, 5.74) is 0. The zero-order chi connectivity index (χ0) is 9.72. The number of halogens is 2. The predicted molar refractivity (Wildman–Crippen MR) is 37.9 cm³/mol. The number of carboxylic acid groups (broad SMARTS) is 2. The minimum atomic E-state index is -1.64. The fourth-order valence-electron chi connectivity index (χ4n) is 0.334. The highest BCUT2D eigenvalue weighted by molar-refractivity contribution is 6.42. The molecule has 0 aromatic rings. The number of carboxylic acids is 2. The third-order valence-electron chi connectivity index (χ3n) is 0.715. The summed E-state index contributed by atoms with van der Waals surface area (Å²) < 4.78 is 0. The van der Waals surface area contributed by atoms with E-state index in [4.69, 9.17) is 23.2 Å². The van der Waals surface area contributed by atoms with Gasteiger partial charge in [-0.1, -0.05) is 23.2 Å². The van der Waals surface area contributed by atoms with E-state index in [-0.39, 0.29) is 5.03 Å². The summed E-state index contributed by atoms with van der Waals surface area (Å²) in [6.45, 7) is 0. The van der Waals surface area contributed by atoms with Crippen LogP contribution in [-0.4, -0.2) is 11.9 Å². The summed E-state index contributed by atoms with van der Waals surface area (Å²) in [4.78, 5) is 19.8. The topological polar surface area (TPSA) is 80.3 Å². The fourth-order valence-corrected chi connectivity index (χ4v) is 0.706. The summed E-state index contributed by atoms with van der Waals surface area (Å²) in [6, 6.07) is 0. The second-order valence-corrected chi connectivity index (χ2v) is 2.47. The first-order valence-electron chi connectivity index (χ1n) is 2.60. The fraction of sp³-hybridized carbons (Fsp3) is 0. The Labute approximate surface area is 77.7 Å². The Kier molecular flexibility index (Phi) is 4.39. The highest BCUT2D eigenvalue weighted by Gasteiger charge is 1.93. The quantitative estimate of drug-likeness (QED) is 0.428. The molecule has 12 heavy (non-hydrogen) atoms. The number of carbonyl (C=O) groups is 2. The molecule has 0 saturated carbocycles. The van der Waals surface area contributed by atoms with Crippen molar-refractivity contribution in [1.29, 1.82) is 0 Å². The maximum Gasteiger partial charge on any atom is 0.0829 e. The maximum absolute atomic E-state index is 9.96. The minimum absolute atomic E-state index is 0.357. The highest BCUT2D eigenvalue weighted by atomic mass is 35.5. The van der Waals surface area contributed by atoms with Crippen LogP contribution in [0.2, 0.25) is 0 Å². The molecule has 6 heteroatoms. The first kappa shape index (κ1) is 11.0. The maximum atomic E-state index is 9.96. The van der Waals surface area contributed by atoms with E-state index in [0.29, 0.717) is 6.08 Å². The highest BCUT2D eigenvalue weighted by Crippen LogP contribution is 2.09. The Morgan fingerprint density at radius 1 is 1.08 bits per heavy atom. The van der Waals surface area contributed by atoms with Crippen molar-refractivity contribution in [1.82, 2.24) is 0 Å². The number of aliphatic carboxylic acids is 2. The van der Waals surface area contributed by atoms with Gasteiger partial charge in [0, 0.05) is 5.03 Å². The van der Waals surface area contributed by atoms with Gasteiger partial charge in [0.25, 0.3) is 0 Å². The van der Waals surface area contributed by atoms with Gasteiger partial charge in [0.05, 0.1) is 17.0 Å². The van der Waals surface area contributed by atoms with Crippen LogP contribution in [0, 0.1) is 0 Å². The SMILES string of the molecule is O=C([O-])/C=C(Cl)\C=C(\Cl)C(=O)[O-]. The Bertz CT molecular complexity index is 267. The van der Waals surface area contributed by atoms with Crippen LogP contribution in [0.4, 0.5) is 0 Å². The molecule has 0 fully saturated rings. The van der Waals surface area contributed by atoms with E-state index in [1.807, 2.05) is 0 Å². The summed E-state index contributed by atoms with van der Waals surface area (Å²) in [6.07, 6.45) is 1.22. The van der Waals surface area contributed by atoms with Gasteiger partial charge >= 0.3 is 0 Å². The normalized spacial score (nSPS) is 12.8. The number of hydrogen-bond acceptors (Lipinski definition) is 4. The molecule has 4 nitrogen and oxygen atoms in total. The van der Waals surface area contributed by atoms with E-state index in [0.717, 1.165) is 6.08 Å². The second kappa shape index (κ2) is 4.79. The molecule has 0 rings (SSSR count). The molecular weight excluding hydrogens is 207 g/mol. The lowest BCUT2D eigenvalue weighted by Crippen LogP contribution is -2.22. The average Bonchev–Trinajstić information content (AvgIpc) is 1.84.